The smallest absolute Gasteiger partial charge is 0.408 e. The van der Waals surface area contributed by atoms with Crippen molar-refractivity contribution in [1.29, 1.82) is 0 Å². The van der Waals surface area contributed by atoms with Crippen molar-refractivity contribution < 1.29 is 23.8 Å². The van der Waals surface area contributed by atoms with Crippen molar-refractivity contribution in [1.82, 2.24) is 5.32 Å². The Balaban J connectivity index is 2.23. The zero-order chi connectivity index (χ0) is 24.2. The number of alkyl carbamates (subject to hydrolysis) is 1. The Morgan fingerprint density at radius 3 is 2.48 bits per heavy atom. The summed E-state index contributed by atoms with van der Waals surface area (Å²) in [5.41, 5.74) is 1.87. The Bertz CT molecular complexity index is 1020. The second-order valence-electron chi connectivity index (χ2n) is 6.94. The van der Waals surface area contributed by atoms with Gasteiger partial charge in [0, 0.05) is 18.1 Å². The molecular weight excluding hydrogens is 488 g/mol. The van der Waals surface area contributed by atoms with Gasteiger partial charge in [0.25, 0.3) is 5.91 Å². The molecule has 2 rings (SSSR count). The molecular formula is C25H27BrN2O5. The number of carbonyl (C=O) groups excluding carboxylic acids is 2. The second-order valence-corrected chi connectivity index (χ2v) is 8.06. The zero-order valence-electron chi connectivity index (χ0n) is 18.7. The number of halogens is 1. The fourth-order valence-electron chi connectivity index (χ4n) is 2.92. The van der Waals surface area contributed by atoms with Crippen molar-refractivity contribution in [3.63, 3.8) is 0 Å². The van der Waals surface area contributed by atoms with Crippen LogP contribution >= 0.6 is 15.9 Å². The molecule has 0 heterocycles. The van der Waals surface area contributed by atoms with E-state index in [0.29, 0.717) is 27.3 Å². The van der Waals surface area contributed by atoms with E-state index in [-0.39, 0.29) is 19.4 Å². The van der Waals surface area contributed by atoms with Gasteiger partial charge in [0.1, 0.15) is 24.1 Å². The molecule has 0 aliphatic heterocycles. The molecule has 2 aromatic carbocycles. The van der Waals surface area contributed by atoms with Crippen LogP contribution < -0.4 is 14.8 Å². The monoisotopic (exact) mass is 514 g/mol. The average molecular weight is 515 g/mol. The SMILES string of the molecule is C=CC[C@@H](NC(=O)OCc1ccccc1)C(=O)N=C(CC(=C)Br)c1ccc(OC)cc1OC. The molecule has 0 spiro atoms. The molecule has 2 aromatic rings. The van der Waals surface area contributed by atoms with E-state index in [9.17, 15) is 9.59 Å². The van der Waals surface area contributed by atoms with Gasteiger partial charge in [0.15, 0.2) is 0 Å². The normalized spacial score (nSPS) is 11.8. The Kier molecular flexibility index (Phi) is 10.4. The van der Waals surface area contributed by atoms with Crippen molar-refractivity contribution in [2.75, 3.05) is 14.2 Å². The van der Waals surface area contributed by atoms with E-state index in [0.717, 1.165) is 5.56 Å². The number of rotatable bonds is 11. The minimum Gasteiger partial charge on any atom is -0.497 e. The van der Waals surface area contributed by atoms with Gasteiger partial charge in [-0.3, -0.25) is 4.79 Å². The van der Waals surface area contributed by atoms with E-state index >= 15 is 0 Å². The summed E-state index contributed by atoms with van der Waals surface area (Å²) in [6.45, 7) is 7.61. The van der Waals surface area contributed by atoms with Gasteiger partial charge in [-0.05, 0) is 28.6 Å². The van der Waals surface area contributed by atoms with Crippen molar-refractivity contribution in [3.8, 4) is 11.5 Å². The molecule has 1 atom stereocenters. The maximum atomic E-state index is 13.0. The summed E-state index contributed by atoms with van der Waals surface area (Å²) in [5, 5.41) is 2.57. The van der Waals surface area contributed by atoms with Gasteiger partial charge in [0.05, 0.1) is 19.9 Å². The molecule has 0 radical (unpaired) electrons. The first-order valence-electron chi connectivity index (χ1n) is 10.1. The molecule has 0 fully saturated rings. The molecule has 0 aromatic heterocycles. The standard InChI is InChI=1S/C25H27BrN2O5/c1-5-9-21(28-25(30)33-16-18-10-7-6-8-11-18)24(29)27-22(14-17(2)26)20-13-12-19(31-3)15-23(20)32-4/h5-8,10-13,15,21H,1-2,9,14,16H2,3-4H3,(H,28,30)/t21-/m1/s1. The van der Waals surface area contributed by atoms with Gasteiger partial charge in [0.2, 0.25) is 0 Å². The summed E-state index contributed by atoms with van der Waals surface area (Å²) < 4.78 is 16.5. The topological polar surface area (TPSA) is 86.2 Å². The van der Waals surface area contributed by atoms with Crippen molar-refractivity contribution >= 4 is 33.6 Å². The summed E-state index contributed by atoms with van der Waals surface area (Å²) in [7, 11) is 3.07. The number of aliphatic imine (C=N–C) groups is 1. The Labute approximate surface area is 202 Å². The number of nitrogens with zero attached hydrogens (tertiary/aromatic N) is 1. The third-order valence-corrected chi connectivity index (χ3v) is 4.81. The molecule has 2 amide bonds. The molecule has 7 nitrogen and oxygen atoms in total. The van der Waals surface area contributed by atoms with Gasteiger partial charge in [-0.15, -0.1) is 6.58 Å². The lowest BCUT2D eigenvalue weighted by atomic mass is 10.0. The molecule has 0 unspecified atom stereocenters. The Hall–Kier alpha value is -3.39. The number of ether oxygens (including phenoxy) is 3. The fourth-order valence-corrected chi connectivity index (χ4v) is 3.19. The number of methoxy groups -OCH3 is 2. The van der Waals surface area contributed by atoms with E-state index in [1.165, 1.54) is 13.2 Å². The highest BCUT2D eigenvalue weighted by Crippen LogP contribution is 2.28. The molecule has 0 aliphatic carbocycles. The molecule has 0 saturated carbocycles. The van der Waals surface area contributed by atoms with E-state index in [4.69, 9.17) is 14.2 Å². The number of hydrogen-bond acceptors (Lipinski definition) is 5. The zero-order valence-corrected chi connectivity index (χ0v) is 20.3. The van der Waals surface area contributed by atoms with Gasteiger partial charge < -0.3 is 19.5 Å². The summed E-state index contributed by atoms with van der Waals surface area (Å²) in [5.74, 6) is 0.546. The molecule has 8 heteroatoms. The van der Waals surface area contributed by atoms with Crippen LogP contribution in [0.1, 0.15) is 24.0 Å². The highest BCUT2D eigenvalue weighted by Gasteiger charge is 2.22. The highest BCUT2D eigenvalue weighted by atomic mass is 79.9. The van der Waals surface area contributed by atoms with Crippen LogP contribution in [-0.4, -0.2) is 38.0 Å². The number of nitrogens with one attached hydrogen (secondary N) is 1. The highest BCUT2D eigenvalue weighted by molar-refractivity contribution is 9.11. The van der Waals surface area contributed by atoms with Gasteiger partial charge >= 0.3 is 6.09 Å². The third kappa shape index (κ3) is 8.23. The molecule has 0 aliphatic rings. The van der Waals surface area contributed by atoms with E-state index in [2.05, 4.69) is 39.4 Å². The number of carbonyl (C=O) groups is 2. The molecule has 174 valence electrons. The van der Waals surface area contributed by atoms with Crippen LogP contribution in [0.15, 0.2) is 77.2 Å². The first kappa shape index (κ1) is 25.9. The minimum absolute atomic E-state index is 0.0860. The van der Waals surface area contributed by atoms with Crippen molar-refractivity contribution in [2.24, 2.45) is 4.99 Å². The molecule has 33 heavy (non-hydrogen) atoms. The van der Waals surface area contributed by atoms with Crippen LogP contribution in [0, 0.1) is 0 Å². The Morgan fingerprint density at radius 2 is 1.88 bits per heavy atom. The average Bonchev–Trinajstić information content (AvgIpc) is 2.81. The van der Waals surface area contributed by atoms with Crippen LogP contribution in [0.3, 0.4) is 0 Å². The van der Waals surface area contributed by atoms with E-state index < -0.39 is 18.0 Å². The second kappa shape index (κ2) is 13.2. The van der Waals surface area contributed by atoms with Crippen LogP contribution in [0.2, 0.25) is 0 Å². The lowest BCUT2D eigenvalue weighted by Crippen LogP contribution is -2.40. The lowest BCUT2D eigenvalue weighted by molar-refractivity contribution is -0.119. The van der Waals surface area contributed by atoms with Crippen molar-refractivity contribution in [2.45, 2.75) is 25.5 Å². The first-order valence-corrected chi connectivity index (χ1v) is 10.9. The van der Waals surface area contributed by atoms with E-state index in [1.54, 1.807) is 25.3 Å². The lowest BCUT2D eigenvalue weighted by Gasteiger charge is -2.16. The summed E-state index contributed by atoms with van der Waals surface area (Å²) in [4.78, 5) is 29.6. The maximum Gasteiger partial charge on any atom is 0.408 e. The van der Waals surface area contributed by atoms with Gasteiger partial charge in [-0.1, -0.05) is 58.9 Å². The number of hydrogen-bond donors (Lipinski definition) is 1. The fraction of sp³-hybridized carbons (Fsp3) is 0.240. The number of allylic oxidation sites excluding steroid dienone is 1. The first-order chi connectivity index (χ1) is 15.9. The maximum absolute atomic E-state index is 13.0. The minimum atomic E-state index is -0.936. The largest absolute Gasteiger partial charge is 0.497 e. The van der Waals surface area contributed by atoms with Crippen LogP contribution in [-0.2, 0) is 16.1 Å². The van der Waals surface area contributed by atoms with Crippen LogP contribution in [0.5, 0.6) is 11.5 Å². The molecule has 1 N–H and O–H groups in total. The number of benzene rings is 2. The van der Waals surface area contributed by atoms with Crippen molar-refractivity contribution in [3.05, 3.63) is 83.4 Å². The van der Waals surface area contributed by atoms with Gasteiger partial charge in [-0.2, -0.15) is 0 Å². The summed E-state index contributed by atoms with van der Waals surface area (Å²) in [6.07, 6.45) is 1.27. The summed E-state index contributed by atoms with van der Waals surface area (Å²) in [6, 6.07) is 13.5. The predicted octanol–water partition coefficient (Wildman–Crippen LogP) is 5.19. The third-order valence-electron chi connectivity index (χ3n) is 4.53. The quantitative estimate of drug-likeness (QED) is 0.329. The van der Waals surface area contributed by atoms with E-state index in [1.807, 2.05) is 30.3 Å². The molecule has 0 bridgehead atoms. The molecule has 0 saturated heterocycles. The number of amides is 2. The van der Waals surface area contributed by atoms with Crippen LogP contribution in [0.4, 0.5) is 4.79 Å². The predicted molar refractivity (Wildman–Crippen MR) is 132 cm³/mol. The van der Waals surface area contributed by atoms with Crippen LogP contribution in [0.25, 0.3) is 0 Å². The summed E-state index contributed by atoms with van der Waals surface area (Å²) >= 11 is 3.33. The Morgan fingerprint density at radius 1 is 1.15 bits per heavy atom. The van der Waals surface area contributed by atoms with Gasteiger partial charge in [-0.25, -0.2) is 9.79 Å².